The molecule has 1 aromatic rings. The molecule has 1 atom stereocenters. The second kappa shape index (κ2) is 6.03. The maximum absolute atomic E-state index is 11.7. The second-order valence-corrected chi connectivity index (χ2v) is 4.37. The maximum Gasteiger partial charge on any atom is 0.339 e. The molecule has 19 heavy (non-hydrogen) atoms. The van der Waals surface area contributed by atoms with E-state index in [0.29, 0.717) is 0 Å². The number of hydrogen-bond donors (Lipinski definition) is 3. The molecule has 0 aliphatic heterocycles. The van der Waals surface area contributed by atoms with Crippen LogP contribution < -0.4 is 5.32 Å². The van der Waals surface area contributed by atoms with E-state index < -0.39 is 23.9 Å². The molecule has 0 saturated heterocycles. The molecule has 7 heteroatoms. The van der Waals surface area contributed by atoms with Crippen molar-refractivity contribution in [3.8, 4) is 0 Å². The van der Waals surface area contributed by atoms with Crippen molar-refractivity contribution >= 4 is 17.8 Å². The van der Waals surface area contributed by atoms with Gasteiger partial charge in [-0.3, -0.25) is 4.79 Å². The molecule has 1 unspecified atom stereocenters. The van der Waals surface area contributed by atoms with Crippen LogP contribution in [0.1, 0.15) is 30.0 Å². The summed E-state index contributed by atoms with van der Waals surface area (Å²) in [6, 6.07) is 0.220. The zero-order valence-corrected chi connectivity index (χ0v) is 10.5. The van der Waals surface area contributed by atoms with Crippen LogP contribution in [-0.2, 0) is 16.0 Å². The molecule has 1 rings (SSSR count). The summed E-state index contributed by atoms with van der Waals surface area (Å²) < 4.78 is 4.91. The molecule has 1 heterocycles. The van der Waals surface area contributed by atoms with Crippen LogP contribution in [-0.4, -0.2) is 34.1 Å². The predicted octanol–water partition coefficient (Wildman–Crippen LogP) is 0.746. The van der Waals surface area contributed by atoms with Gasteiger partial charge in [0, 0.05) is 0 Å². The van der Waals surface area contributed by atoms with Gasteiger partial charge in [0.2, 0.25) is 5.91 Å². The Morgan fingerprint density at radius 2 is 1.95 bits per heavy atom. The van der Waals surface area contributed by atoms with Crippen molar-refractivity contribution in [1.29, 1.82) is 0 Å². The van der Waals surface area contributed by atoms with Crippen molar-refractivity contribution in [3.63, 3.8) is 0 Å². The number of carbonyl (C=O) groups excluding carboxylic acids is 1. The van der Waals surface area contributed by atoms with Crippen LogP contribution in [0.25, 0.3) is 0 Å². The molecule has 0 radical (unpaired) electrons. The zero-order chi connectivity index (χ0) is 14.6. The van der Waals surface area contributed by atoms with Crippen molar-refractivity contribution in [2.45, 2.75) is 26.3 Å². The Morgan fingerprint density at radius 1 is 1.32 bits per heavy atom. The Bertz CT molecular complexity index is 490. The van der Waals surface area contributed by atoms with Crippen LogP contribution in [0.2, 0.25) is 0 Å². The molecule has 0 bridgehead atoms. The number of carbonyl (C=O) groups is 3. The Balaban J connectivity index is 2.72. The number of hydrogen-bond acceptors (Lipinski definition) is 4. The molecule has 3 N–H and O–H groups in total. The molecule has 1 aromatic heterocycles. The fourth-order valence-corrected chi connectivity index (χ4v) is 1.55. The van der Waals surface area contributed by atoms with Gasteiger partial charge in [-0.2, -0.15) is 0 Å². The van der Waals surface area contributed by atoms with Gasteiger partial charge in [0.25, 0.3) is 0 Å². The fourth-order valence-electron chi connectivity index (χ4n) is 1.55. The van der Waals surface area contributed by atoms with Crippen molar-refractivity contribution in [2.75, 3.05) is 0 Å². The van der Waals surface area contributed by atoms with Crippen molar-refractivity contribution in [3.05, 3.63) is 23.7 Å². The number of aromatic carboxylic acids is 1. The van der Waals surface area contributed by atoms with Gasteiger partial charge in [0.05, 0.1) is 12.7 Å². The van der Waals surface area contributed by atoms with Crippen LogP contribution in [0.4, 0.5) is 0 Å². The first kappa shape index (κ1) is 14.7. The van der Waals surface area contributed by atoms with Gasteiger partial charge < -0.3 is 19.9 Å². The summed E-state index contributed by atoms with van der Waals surface area (Å²) >= 11 is 0. The first-order chi connectivity index (χ1) is 8.82. The number of carboxylic acid groups (broad SMARTS) is 2. The van der Waals surface area contributed by atoms with E-state index in [1.807, 2.05) is 0 Å². The third-order valence-corrected chi connectivity index (χ3v) is 2.55. The summed E-state index contributed by atoms with van der Waals surface area (Å²) in [5, 5.41) is 20.1. The molecule has 0 aromatic carbocycles. The van der Waals surface area contributed by atoms with Gasteiger partial charge in [0.15, 0.2) is 0 Å². The molecule has 0 aliphatic carbocycles. The highest BCUT2D eigenvalue weighted by molar-refractivity contribution is 5.91. The van der Waals surface area contributed by atoms with Crippen molar-refractivity contribution in [2.24, 2.45) is 5.92 Å². The highest BCUT2D eigenvalue weighted by Crippen LogP contribution is 2.11. The predicted molar refractivity (Wildman–Crippen MR) is 63.8 cm³/mol. The largest absolute Gasteiger partial charge is 0.480 e. The second-order valence-electron chi connectivity index (χ2n) is 4.37. The van der Waals surface area contributed by atoms with E-state index in [-0.39, 0.29) is 23.7 Å². The summed E-state index contributed by atoms with van der Waals surface area (Å²) in [5.41, 5.74) is -0.105. The number of furan rings is 1. The Labute approximate surface area is 109 Å². The lowest BCUT2D eigenvalue weighted by molar-refractivity contribution is -0.143. The minimum Gasteiger partial charge on any atom is -0.480 e. The third kappa shape index (κ3) is 3.84. The van der Waals surface area contributed by atoms with E-state index >= 15 is 0 Å². The smallest absolute Gasteiger partial charge is 0.339 e. The molecule has 104 valence electrons. The Morgan fingerprint density at radius 3 is 2.42 bits per heavy atom. The number of aliphatic carboxylic acids is 1. The van der Waals surface area contributed by atoms with Crippen LogP contribution >= 0.6 is 0 Å². The average molecular weight is 269 g/mol. The third-order valence-electron chi connectivity index (χ3n) is 2.55. The van der Waals surface area contributed by atoms with E-state index in [1.54, 1.807) is 13.8 Å². The van der Waals surface area contributed by atoms with E-state index in [9.17, 15) is 14.4 Å². The maximum atomic E-state index is 11.7. The lowest BCUT2D eigenvalue weighted by Crippen LogP contribution is -2.44. The Kier molecular flexibility index (Phi) is 4.68. The zero-order valence-electron chi connectivity index (χ0n) is 10.5. The highest BCUT2D eigenvalue weighted by Gasteiger charge is 2.25. The van der Waals surface area contributed by atoms with E-state index in [0.717, 1.165) is 0 Å². The molecular formula is C12H15NO6. The van der Waals surface area contributed by atoms with Gasteiger partial charge >= 0.3 is 11.9 Å². The minimum absolute atomic E-state index is 0.00195. The quantitative estimate of drug-likeness (QED) is 0.701. The first-order valence-electron chi connectivity index (χ1n) is 5.64. The molecule has 0 fully saturated rings. The topological polar surface area (TPSA) is 117 Å². The van der Waals surface area contributed by atoms with Gasteiger partial charge in [-0.1, -0.05) is 13.8 Å². The number of amides is 1. The summed E-state index contributed by atoms with van der Waals surface area (Å²) in [6.07, 6.45) is 0.855. The molecule has 1 amide bonds. The summed E-state index contributed by atoms with van der Waals surface area (Å²) in [7, 11) is 0. The fraction of sp³-hybridized carbons (Fsp3) is 0.417. The van der Waals surface area contributed by atoms with E-state index in [2.05, 4.69) is 5.32 Å². The van der Waals surface area contributed by atoms with Crippen LogP contribution in [0.15, 0.2) is 16.7 Å². The van der Waals surface area contributed by atoms with Crippen molar-refractivity contribution < 1.29 is 29.0 Å². The average Bonchev–Trinajstić information content (AvgIpc) is 2.73. The van der Waals surface area contributed by atoms with E-state index in [1.165, 1.54) is 12.3 Å². The van der Waals surface area contributed by atoms with Gasteiger partial charge in [-0.15, -0.1) is 0 Å². The monoisotopic (exact) mass is 269 g/mol. The van der Waals surface area contributed by atoms with E-state index in [4.69, 9.17) is 14.6 Å². The number of rotatable bonds is 6. The van der Waals surface area contributed by atoms with Gasteiger partial charge in [-0.05, 0) is 12.0 Å². The molecule has 0 aliphatic rings. The van der Waals surface area contributed by atoms with Crippen molar-refractivity contribution in [1.82, 2.24) is 5.32 Å². The Hall–Kier alpha value is -2.31. The minimum atomic E-state index is -1.20. The summed E-state index contributed by atoms with van der Waals surface area (Å²) in [6.45, 7) is 3.32. The standard InChI is InChI=1S/C12H15NO6/c1-6(2)10(12(17)18)13-9(14)5-8-7(11(15)16)3-4-19-8/h3-4,6,10H,5H2,1-2H3,(H,13,14)(H,15,16)(H,17,18). The number of nitrogens with one attached hydrogen (secondary N) is 1. The lowest BCUT2D eigenvalue weighted by atomic mass is 10.0. The molecule has 0 spiro atoms. The lowest BCUT2D eigenvalue weighted by Gasteiger charge is -2.17. The number of carboxylic acids is 2. The first-order valence-corrected chi connectivity index (χ1v) is 5.64. The molecular weight excluding hydrogens is 254 g/mol. The normalized spacial score (nSPS) is 12.2. The summed E-state index contributed by atoms with van der Waals surface area (Å²) in [4.78, 5) is 33.4. The molecule has 7 nitrogen and oxygen atoms in total. The van der Waals surface area contributed by atoms with Crippen LogP contribution in [0, 0.1) is 5.92 Å². The highest BCUT2D eigenvalue weighted by atomic mass is 16.4. The SMILES string of the molecule is CC(C)C(NC(=O)Cc1occc1C(=O)O)C(=O)O. The molecule has 0 saturated carbocycles. The van der Waals surface area contributed by atoms with Gasteiger partial charge in [0.1, 0.15) is 17.4 Å². The van der Waals surface area contributed by atoms with Gasteiger partial charge in [-0.25, -0.2) is 9.59 Å². The van der Waals surface area contributed by atoms with Crippen LogP contribution in [0.5, 0.6) is 0 Å². The van der Waals surface area contributed by atoms with Crippen LogP contribution in [0.3, 0.4) is 0 Å². The summed E-state index contributed by atoms with van der Waals surface area (Å²) in [5.74, 6) is -3.22.